The molecule has 0 aromatic heterocycles. The molecule has 0 aromatic rings. The Morgan fingerprint density at radius 2 is 1.44 bits per heavy atom. The molecule has 0 spiro atoms. The molecule has 2 heteroatoms. The van der Waals surface area contributed by atoms with Crippen LogP contribution in [-0.2, 0) is 0 Å². The van der Waals surface area contributed by atoms with E-state index in [0.29, 0.717) is 22.7 Å². The first-order valence-electron chi connectivity index (χ1n) is 13.7. The molecule has 0 aromatic carbocycles. The highest BCUT2D eigenvalue weighted by Crippen LogP contribution is 2.75. The van der Waals surface area contributed by atoms with Gasteiger partial charge in [-0.1, -0.05) is 67.0 Å². The van der Waals surface area contributed by atoms with Crippen LogP contribution in [0.25, 0.3) is 0 Å². The van der Waals surface area contributed by atoms with E-state index in [2.05, 4.69) is 61.5 Å². The third-order valence-electron chi connectivity index (χ3n) is 13.0. The predicted molar refractivity (Wildman–Crippen MR) is 132 cm³/mol. The van der Waals surface area contributed by atoms with Gasteiger partial charge in [0, 0.05) is 5.92 Å². The van der Waals surface area contributed by atoms with Crippen molar-refractivity contribution in [1.82, 2.24) is 0 Å². The standard InChI is InChI=1S/C30H50O2/c1-25(2)13-14-27(5)15-16-29(7)19(20(27)18-25)17-21(31)24-28(6)11-10-23(32)26(3,4)22(28)9-12-30(24,29)8/h17,20-24,31-32H,9-16,18H2,1-8H3/t20?,21?,22?,23?,24?,27?,28?,29-,30?/m1/s1. The molecular weight excluding hydrogens is 392 g/mol. The Kier molecular flexibility index (Phi) is 4.87. The maximum atomic E-state index is 11.9. The average Bonchev–Trinajstić information content (AvgIpc) is 2.68. The maximum Gasteiger partial charge on any atom is 0.0762 e. The van der Waals surface area contributed by atoms with E-state index in [4.69, 9.17) is 0 Å². The van der Waals surface area contributed by atoms with E-state index in [9.17, 15) is 10.2 Å². The Bertz CT molecular complexity index is 825. The molecule has 4 fully saturated rings. The number of aliphatic hydroxyl groups excluding tert-OH is 2. The lowest BCUT2D eigenvalue weighted by molar-refractivity contribution is -0.224. The number of rotatable bonds is 0. The van der Waals surface area contributed by atoms with E-state index in [-0.39, 0.29) is 39.8 Å². The summed E-state index contributed by atoms with van der Waals surface area (Å²) in [6.45, 7) is 19.7. The Morgan fingerprint density at radius 1 is 0.781 bits per heavy atom. The van der Waals surface area contributed by atoms with Gasteiger partial charge in [-0.3, -0.25) is 0 Å². The van der Waals surface area contributed by atoms with E-state index < -0.39 is 0 Å². The summed E-state index contributed by atoms with van der Waals surface area (Å²) in [5.41, 5.74) is 2.76. The van der Waals surface area contributed by atoms with Gasteiger partial charge in [-0.2, -0.15) is 0 Å². The summed E-state index contributed by atoms with van der Waals surface area (Å²) in [6, 6.07) is 0. The van der Waals surface area contributed by atoms with Crippen LogP contribution in [0.2, 0.25) is 0 Å². The van der Waals surface area contributed by atoms with Gasteiger partial charge in [-0.15, -0.1) is 0 Å². The molecule has 5 rings (SSSR count). The highest BCUT2D eigenvalue weighted by atomic mass is 16.3. The molecule has 8 unspecified atom stereocenters. The van der Waals surface area contributed by atoms with Crippen molar-refractivity contribution in [3.63, 3.8) is 0 Å². The van der Waals surface area contributed by atoms with E-state index in [1.807, 2.05) is 0 Å². The van der Waals surface area contributed by atoms with Crippen molar-refractivity contribution in [3.05, 3.63) is 11.6 Å². The molecule has 32 heavy (non-hydrogen) atoms. The molecule has 0 saturated heterocycles. The Morgan fingerprint density at radius 3 is 2.12 bits per heavy atom. The molecule has 0 bridgehead atoms. The molecule has 2 nitrogen and oxygen atoms in total. The second kappa shape index (κ2) is 6.66. The van der Waals surface area contributed by atoms with Gasteiger partial charge in [0.15, 0.2) is 0 Å². The van der Waals surface area contributed by atoms with Gasteiger partial charge in [-0.25, -0.2) is 0 Å². The predicted octanol–water partition coefficient (Wildman–Crippen LogP) is 7.14. The van der Waals surface area contributed by atoms with Crippen molar-refractivity contribution in [2.75, 3.05) is 0 Å². The summed E-state index contributed by atoms with van der Waals surface area (Å²) in [6.07, 6.45) is 12.7. The lowest BCUT2D eigenvalue weighted by Gasteiger charge is -2.72. The van der Waals surface area contributed by atoms with Crippen molar-refractivity contribution in [2.45, 2.75) is 125 Å². The monoisotopic (exact) mass is 442 g/mol. The zero-order chi connectivity index (χ0) is 23.5. The van der Waals surface area contributed by atoms with Crippen LogP contribution in [0.3, 0.4) is 0 Å². The van der Waals surface area contributed by atoms with Gasteiger partial charge in [-0.05, 0) is 102 Å². The molecule has 0 aliphatic heterocycles. The maximum absolute atomic E-state index is 11.9. The average molecular weight is 443 g/mol. The summed E-state index contributed by atoms with van der Waals surface area (Å²) < 4.78 is 0. The SMILES string of the molecule is CC1(C)CCC2(C)CC[C@]3(C)C(=CC(O)C4C5(C)CCC(O)C(C)(C)C5CCC43C)C2C1. The van der Waals surface area contributed by atoms with Crippen molar-refractivity contribution < 1.29 is 10.2 Å². The van der Waals surface area contributed by atoms with Gasteiger partial charge in [0.1, 0.15) is 0 Å². The molecule has 2 N–H and O–H groups in total. The van der Waals surface area contributed by atoms with Gasteiger partial charge >= 0.3 is 0 Å². The fourth-order valence-electron chi connectivity index (χ4n) is 10.6. The van der Waals surface area contributed by atoms with Gasteiger partial charge in [0.2, 0.25) is 0 Å². The Hall–Kier alpha value is -0.340. The summed E-state index contributed by atoms with van der Waals surface area (Å²) in [5, 5.41) is 22.8. The molecule has 9 atom stereocenters. The highest BCUT2D eigenvalue weighted by molar-refractivity contribution is 5.35. The molecule has 182 valence electrons. The fraction of sp³-hybridized carbons (Fsp3) is 0.933. The molecule has 0 amide bonds. The number of allylic oxidation sites excluding steroid dienone is 1. The van der Waals surface area contributed by atoms with Crippen LogP contribution in [0.5, 0.6) is 0 Å². The van der Waals surface area contributed by atoms with E-state index in [0.717, 1.165) is 12.8 Å². The minimum absolute atomic E-state index is 0.0719. The van der Waals surface area contributed by atoms with E-state index in [1.54, 1.807) is 5.57 Å². The zero-order valence-electron chi connectivity index (χ0n) is 22.2. The lowest BCUT2D eigenvalue weighted by atomic mass is 9.33. The largest absolute Gasteiger partial charge is 0.393 e. The number of hydrogen-bond donors (Lipinski definition) is 2. The normalized spacial score (nSPS) is 56.2. The highest BCUT2D eigenvalue weighted by Gasteiger charge is 2.69. The van der Waals surface area contributed by atoms with Crippen LogP contribution in [0.15, 0.2) is 11.6 Å². The topological polar surface area (TPSA) is 40.5 Å². The first-order chi connectivity index (χ1) is 14.6. The van der Waals surface area contributed by atoms with Crippen molar-refractivity contribution in [3.8, 4) is 0 Å². The number of fused-ring (bicyclic) bond motifs is 7. The quantitative estimate of drug-likeness (QED) is 0.391. The van der Waals surface area contributed by atoms with Gasteiger partial charge < -0.3 is 10.2 Å². The van der Waals surface area contributed by atoms with Crippen molar-refractivity contribution in [2.24, 2.45) is 50.2 Å². The summed E-state index contributed by atoms with van der Waals surface area (Å²) in [7, 11) is 0. The van der Waals surface area contributed by atoms with Crippen LogP contribution in [0.4, 0.5) is 0 Å². The van der Waals surface area contributed by atoms with E-state index in [1.165, 1.54) is 44.9 Å². The molecule has 0 heterocycles. The smallest absolute Gasteiger partial charge is 0.0762 e. The van der Waals surface area contributed by atoms with Crippen molar-refractivity contribution in [1.29, 1.82) is 0 Å². The zero-order valence-corrected chi connectivity index (χ0v) is 22.2. The molecule has 5 aliphatic rings. The van der Waals surface area contributed by atoms with Gasteiger partial charge in [0.05, 0.1) is 12.2 Å². The number of hydrogen-bond acceptors (Lipinski definition) is 2. The Balaban J connectivity index is 1.62. The summed E-state index contributed by atoms with van der Waals surface area (Å²) >= 11 is 0. The van der Waals surface area contributed by atoms with Crippen LogP contribution >= 0.6 is 0 Å². The van der Waals surface area contributed by atoms with Crippen LogP contribution < -0.4 is 0 Å². The van der Waals surface area contributed by atoms with E-state index >= 15 is 0 Å². The first-order valence-corrected chi connectivity index (χ1v) is 13.7. The molecular formula is C30H50O2. The number of aliphatic hydroxyl groups is 2. The second-order valence-electron chi connectivity index (χ2n) is 15.4. The minimum Gasteiger partial charge on any atom is -0.393 e. The molecule has 5 aliphatic carbocycles. The first kappa shape index (κ1) is 23.4. The molecule has 0 radical (unpaired) electrons. The third-order valence-corrected chi connectivity index (χ3v) is 13.0. The van der Waals surface area contributed by atoms with Crippen molar-refractivity contribution >= 4 is 0 Å². The summed E-state index contributed by atoms with van der Waals surface area (Å²) in [4.78, 5) is 0. The fourth-order valence-corrected chi connectivity index (χ4v) is 10.6. The van der Waals surface area contributed by atoms with Crippen LogP contribution in [0.1, 0.15) is 113 Å². The minimum atomic E-state index is -0.352. The second-order valence-corrected chi connectivity index (χ2v) is 15.4. The van der Waals surface area contributed by atoms with Gasteiger partial charge in [0.25, 0.3) is 0 Å². The molecule has 4 saturated carbocycles. The van der Waals surface area contributed by atoms with Crippen LogP contribution in [-0.4, -0.2) is 22.4 Å². The third kappa shape index (κ3) is 2.78. The van der Waals surface area contributed by atoms with Crippen LogP contribution in [0, 0.1) is 50.2 Å². The lowest BCUT2D eigenvalue weighted by Crippen LogP contribution is -2.67. The Labute approximate surface area is 197 Å². The summed E-state index contributed by atoms with van der Waals surface area (Å²) in [5.74, 6) is 1.38.